The average molecular weight is 425 g/mol. The summed E-state index contributed by atoms with van der Waals surface area (Å²) in [6, 6.07) is 6.89. The monoisotopic (exact) mass is 425 g/mol. The molecule has 0 bridgehead atoms. The minimum atomic E-state index is -0.474. The number of benzene rings is 1. The number of methoxy groups -OCH3 is 2. The van der Waals surface area contributed by atoms with Crippen molar-refractivity contribution in [1.82, 2.24) is 19.9 Å². The van der Waals surface area contributed by atoms with Crippen molar-refractivity contribution in [1.29, 1.82) is 0 Å². The number of hydrogen-bond acceptors (Lipinski definition) is 8. The maximum absolute atomic E-state index is 11.5. The van der Waals surface area contributed by atoms with Gasteiger partial charge in [-0.2, -0.15) is 0 Å². The third-order valence-electron chi connectivity index (χ3n) is 4.96. The molecule has 1 fully saturated rings. The lowest BCUT2D eigenvalue weighted by Crippen LogP contribution is -2.49. The van der Waals surface area contributed by atoms with Gasteiger partial charge in [-0.1, -0.05) is 0 Å². The van der Waals surface area contributed by atoms with E-state index in [0.29, 0.717) is 53.8 Å². The van der Waals surface area contributed by atoms with Crippen molar-refractivity contribution in [2.45, 2.75) is 6.10 Å². The van der Waals surface area contributed by atoms with Crippen LogP contribution in [0, 0.1) is 0 Å². The maximum Gasteiger partial charge on any atom is 0.314 e. The van der Waals surface area contributed by atoms with Crippen LogP contribution >= 0.6 is 0 Å². The zero-order chi connectivity index (χ0) is 21.8. The van der Waals surface area contributed by atoms with Crippen LogP contribution in [-0.2, 0) is 4.74 Å². The van der Waals surface area contributed by atoms with Gasteiger partial charge in [0.15, 0.2) is 17.0 Å². The van der Waals surface area contributed by atoms with Gasteiger partial charge in [0.2, 0.25) is 5.88 Å². The number of pyridine rings is 1. The molecule has 162 valence electrons. The molecule has 3 heterocycles. The average Bonchev–Trinajstić information content (AvgIpc) is 2.82. The molecule has 10 nitrogen and oxygen atoms in total. The fraction of sp³-hybridized carbons (Fsp3) is 0.333. The Morgan fingerprint density at radius 2 is 2.00 bits per heavy atom. The van der Waals surface area contributed by atoms with E-state index in [9.17, 15) is 4.79 Å². The van der Waals surface area contributed by atoms with Crippen LogP contribution in [0.25, 0.3) is 22.3 Å². The summed E-state index contributed by atoms with van der Waals surface area (Å²) in [6.45, 7) is 1.41. The van der Waals surface area contributed by atoms with Gasteiger partial charge in [-0.05, 0) is 24.3 Å². The number of hydrogen-bond donors (Lipinski definition) is 1. The van der Waals surface area contributed by atoms with E-state index in [1.54, 1.807) is 26.6 Å². The van der Waals surface area contributed by atoms with E-state index in [4.69, 9.17) is 24.7 Å². The highest BCUT2D eigenvalue weighted by Crippen LogP contribution is 2.33. The van der Waals surface area contributed by atoms with Gasteiger partial charge >= 0.3 is 6.03 Å². The number of ether oxygens (including phenoxy) is 4. The minimum Gasteiger partial charge on any atom is -0.493 e. The minimum absolute atomic E-state index is 0.192. The van der Waals surface area contributed by atoms with Crippen molar-refractivity contribution in [2.75, 3.05) is 40.5 Å². The van der Waals surface area contributed by atoms with Crippen molar-refractivity contribution in [3.8, 4) is 28.6 Å². The fourth-order valence-corrected chi connectivity index (χ4v) is 3.38. The number of urea groups is 1. The van der Waals surface area contributed by atoms with E-state index in [-0.39, 0.29) is 12.7 Å². The van der Waals surface area contributed by atoms with Crippen LogP contribution in [0.4, 0.5) is 4.79 Å². The molecule has 4 rings (SSSR count). The lowest BCUT2D eigenvalue weighted by Gasteiger charge is -2.31. The molecule has 2 aromatic heterocycles. The molecular weight excluding hydrogens is 402 g/mol. The molecular formula is C21H23N5O5. The molecule has 1 aromatic carbocycles. The van der Waals surface area contributed by atoms with Gasteiger partial charge in [0.1, 0.15) is 12.7 Å². The summed E-state index contributed by atoms with van der Waals surface area (Å²) in [7, 11) is 3.16. The molecule has 1 atom stereocenters. The Labute approximate surface area is 178 Å². The summed E-state index contributed by atoms with van der Waals surface area (Å²) in [4.78, 5) is 26.4. The van der Waals surface area contributed by atoms with Gasteiger partial charge in [0, 0.05) is 24.5 Å². The van der Waals surface area contributed by atoms with Crippen molar-refractivity contribution in [3.63, 3.8) is 0 Å². The first kappa shape index (κ1) is 20.6. The van der Waals surface area contributed by atoms with Crippen molar-refractivity contribution in [3.05, 3.63) is 36.7 Å². The first-order chi connectivity index (χ1) is 15.1. The highest BCUT2D eigenvalue weighted by atomic mass is 16.5. The SMILES string of the molecule is COc1ccc(-c2cc3nccnc3c(OC[C@@H]3CN(C(N)=O)CCO3)n2)cc1OC. The smallest absolute Gasteiger partial charge is 0.314 e. The van der Waals surface area contributed by atoms with E-state index in [1.165, 1.54) is 4.90 Å². The molecule has 1 aliphatic rings. The topological polar surface area (TPSA) is 122 Å². The Hall–Kier alpha value is -3.66. The van der Waals surface area contributed by atoms with Gasteiger partial charge in [-0.3, -0.25) is 4.98 Å². The van der Waals surface area contributed by atoms with Crippen LogP contribution in [0.5, 0.6) is 17.4 Å². The van der Waals surface area contributed by atoms with Crippen LogP contribution in [0.15, 0.2) is 36.7 Å². The van der Waals surface area contributed by atoms with Gasteiger partial charge in [0.05, 0.1) is 38.6 Å². The Bertz CT molecular complexity index is 1090. The van der Waals surface area contributed by atoms with Crippen LogP contribution in [0.3, 0.4) is 0 Å². The van der Waals surface area contributed by atoms with Gasteiger partial charge in [-0.15, -0.1) is 0 Å². The number of primary amides is 1. The number of carbonyl (C=O) groups excluding carboxylic acids is 1. The van der Waals surface area contributed by atoms with Crippen LogP contribution in [0.1, 0.15) is 0 Å². The second kappa shape index (κ2) is 9.00. The summed E-state index contributed by atoms with van der Waals surface area (Å²) in [5.74, 6) is 1.54. The molecule has 0 spiro atoms. The van der Waals surface area contributed by atoms with E-state index >= 15 is 0 Å². The molecule has 1 aliphatic heterocycles. The number of amides is 2. The Kier molecular flexibility index (Phi) is 5.99. The van der Waals surface area contributed by atoms with E-state index in [0.717, 1.165) is 5.56 Å². The number of carbonyl (C=O) groups is 1. The fourth-order valence-electron chi connectivity index (χ4n) is 3.38. The Balaban J connectivity index is 1.63. The van der Waals surface area contributed by atoms with Crippen molar-refractivity contribution >= 4 is 17.1 Å². The van der Waals surface area contributed by atoms with Gasteiger partial charge in [-0.25, -0.2) is 14.8 Å². The molecule has 0 aliphatic carbocycles. The molecule has 1 saturated heterocycles. The summed E-state index contributed by atoms with van der Waals surface area (Å²) in [5, 5.41) is 0. The van der Waals surface area contributed by atoms with Crippen LogP contribution in [-0.4, -0.2) is 72.5 Å². The van der Waals surface area contributed by atoms with E-state index in [1.807, 2.05) is 24.3 Å². The van der Waals surface area contributed by atoms with Crippen LogP contribution in [0.2, 0.25) is 0 Å². The number of morpholine rings is 1. The number of nitrogens with zero attached hydrogens (tertiary/aromatic N) is 4. The molecule has 0 unspecified atom stereocenters. The summed E-state index contributed by atoms with van der Waals surface area (Å²) in [6.07, 6.45) is 2.87. The molecule has 0 radical (unpaired) electrons. The molecule has 3 aromatic rings. The maximum atomic E-state index is 11.5. The normalized spacial score (nSPS) is 16.2. The largest absolute Gasteiger partial charge is 0.493 e. The zero-order valence-corrected chi connectivity index (χ0v) is 17.3. The standard InChI is InChI=1S/C21H23N5O5/c1-28-17-4-3-13(9-18(17)29-2)15-10-16-19(24-6-5-23-16)20(25-15)31-12-14-11-26(21(22)27)7-8-30-14/h3-6,9-10,14H,7-8,11-12H2,1-2H3,(H2,22,27)/t14-/m0/s1. The zero-order valence-electron chi connectivity index (χ0n) is 17.3. The first-order valence-electron chi connectivity index (χ1n) is 9.72. The highest BCUT2D eigenvalue weighted by molar-refractivity contribution is 5.83. The summed E-state index contributed by atoms with van der Waals surface area (Å²) >= 11 is 0. The van der Waals surface area contributed by atoms with Gasteiger partial charge < -0.3 is 29.6 Å². The third-order valence-corrected chi connectivity index (χ3v) is 4.96. The predicted octanol–water partition coefficient (Wildman–Crippen LogP) is 1.87. The second-order valence-corrected chi connectivity index (χ2v) is 6.89. The lowest BCUT2D eigenvalue weighted by atomic mass is 10.1. The highest BCUT2D eigenvalue weighted by Gasteiger charge is 2.24. The van der Waals surface area contributed by atoms with Crippen molar-refractivity contribution in [2.24, 2.45) is 5.73 Å². The molecule has 31 heavy (non-hydrogen) atoms. The summed E-state index contributed by atoms with van der Waals surface area (Å²) in [5.41, 5.74) is 8.01. The Morgan fingerprint density at radius 1 is 1.19 bits per heavy atom. The molecule has 2 amide bonds. The molecule has 10 heteroatoms. The number of aromatic nitrogens is 3. The van der Waals surface area contributed by atoms with Crippen LogP contribution < -0.4 is 19.9 Å². The van der Waals surface area contributed by atoms with E-state index in [2.05, 4.69) is 15.0 Å². The quantitative estimate of drug-likeness (QED) is 0.635. The van der Waals surface area contributed by atoms with Crippen molar-refractivity contribution < 1.29 is 23.7 Å². The number of rotatable bonds is 6. The Morgan fingerprint density at radius 3 is 2.77 bits per heavy atom. The third kappa shape index (κ3) is 4.43. The van der Waals surface area contributed by atoms with E-state index < -0.39 is 6.03 Å². The predicted molar refractivity (Wildman–Crippen MR) is 112 cm³/mol. The number of fused-ring (bicyclic) bond motifs is 1. The number of nitrogens with two attached hydrogens (primary N) is 1. The first-order valence-corrected chi connectivity index (χ1v) is 9.72. The van der Waals surface area contributed by atoms with Gasteiger partial charge in [0.25, 0.3) is 0 Å². The second-order valence-electron chi connectivity index (χ2n) is 6.89. The molecule has 2 N–H and O–H groups in total. The molecule has 0 saturated carbocycles. The summed E-state index contributed by atoms with van der Waals surface area (Å²) < 4.78 is 22.4. The lowest BCUT2D eigenvalue weighted by molar-refractivity contribution is -0.0346.